The Labute approximate surface area is 45.4 Å². The molecule has 0 saturated carbocycles. The minimum absolute atomic E-state index is 2.59. The molecule has 0 aromatic carbocycles. The second-order valence-corrected chi connectivity index (χ2v) is 2.14. The highest BCUT2D eigenvalue weighted by Gasteiger charge is 1.89. The topological polar surface area (TPSA) is 35.5 Å². The fourth-order valence-electron chi connectivity index (χ4n) is 0.0119. The Morgan fingerprint density at radius 3 is 1.67 bits per heavy atom. The molecule has 0 aliphatic carbocycles. The fraction of sp³-hybridized carbons (Fsp3) is 0. The van der Waals surface area contributed by atoms with Crippen LogP contribution in [0, 0.1) is 0 Å². The van der Waals surface area contributed by atoms with Crippen LogP contribution in [0.3, 0.4) is 0 Å². The van der Waals surface area contributed by atoms with Crippen LogP contribution in [0.1, 0.15) is 0 Å². The van der Waals surface area contributed by atoms with Gasteiger partial charge in [-0.15, -0.1) is 0 Å². The first-order chi connectivity index (χ1) is 2.81. The van der Waals surface area contributed by atoms with Crippen LogP contribution in [0.25, 0.3) is 0 Å². The van der Waals surface area contributed by atoms with Gasteiger partial charge in [-0.1, -0.05) is 0 Å². The minimum Gasteiger partial charge on any atom is -0.261 e. The van der Waals surface area contributed by atoms with Gasteiger partial charge >= 0.3 is 8.25 Å². The van der Waals surface area contributed by atoms with Crippen LogP contribution in [0.15, 0.2) is 0 Å². The molecule has 0 atom stereocenters. The highest BCUT2D eigenvalue weighted by atomic mass is 35.5. The molecular weight excluding hydrogens is 150 g/mol. The van der Waals surface area contributed by atoms with Crippen molar-refractivity contribution in [3.63, 3.8) is 0 Å². The van der Waals surface area contributed by atoms with Crippen LogP contribution in [-0.4, -0.2) is 0 Å². The molecule has 0 aliphatic rings. The molecule has 3 nitrogen and oxygen atoms in total. The third-order valence-corrected chi connectivity index (χ3v) is 1.13. The molecule has 0 rings (SSSR count). The summed E-state index contributed by atoms with van der Waals surface area (Å²) >= 11 is 8.95. The zero-order chi connectivity index (χ0) is 4.99. The Balaban J connectivity index is 2.99. The summed E-state index contributed by atoms with van der Waals surface area (Å²) < 4.78 is 16.8. The number of rotatable bonds is 2. The number of hydrogen-bond donors (Lipinski definition) is 0. The molecule has 0 bridgehead atoms. The van der Waals surface area contributed by atoms with Crippen LogP contribution in [0.4, 0.5) is 0 Å². The van der Waals surface area contributed by atoms with E-state index >= 15 is 0 Å². The summed E-state index contributed by atoms with van der Waals surface area (Å²) in [4.78, 5) is 0. The molecule has 0 fully saturated rings. The van der Waals surface area contributed by atoms with E-state index in [4.69, 9.17) is 0 Å². The Morgan fingerprint density at radius 2 is 1.67 bits per heavy atom. The van der Waals surface area contributed by atoms with Crippen molar-refractivity contribution in [3.8, 4) is 0 Å². The summed E-state index contributed by atoms with van der Waals surface area (Å²) in [5.74, 6) is 0. The van der Waals surface area contributed by atoms with Crippen molar-refractivity contribution in [2.24, 2.45) is 0 Å². The predicted octanol–water partition coefficient (Wildman–Crippen LogP) is 1.72. The van der Waals surface area contributed by atoms with Crippen molar-refractivity contribution >= 4 is 32.0 Å². The van der Waals surface area contributed by atoms with E-state index in [2.05, 4.69) is 31.9 Å². The maximum absolute atomic E-state index is 9.66. The van der Waals surface area contributed by atoms with E-state index in [1.807, 2.05) is 0 Å². The van der Waals surface area contributed by atoms with E-state index < -0.39 is 8.25 Å². The van der Waals surface area contributed by atoms with Crippen molar-refractivity contribution < 1.29 is 12.7 Å². The summed E-state index contributed by atoms with van der Waals surface area (Å²) in [6.45, 7) is 0. The molecule has 6 heteroatoms. The molecule has 0 radical (unpaired) electrons. The van der Waals surface area contributed by atoms with Crippen LogP contribution < -0.4 is 0 Å². The largest absolute Gasteiger partial charge is 0.351 e. The third kappa shape index (κ3) is 2.94. The van der Waals surface area contributed by atoms with E-state index in [0.717, 1.165) is 0 Å². The molecule has 0 N–H and O–H groups in total. The van der Waals surface area contributed by atoms with Gasteiger partial charge in [0.1, 0.15) is 0 Å². The molecule has 0 heterocycles. The molecule has 0 unspecified atom stereocenters. The second-order valence-electron chi connectivity index (χ2n) is 0.404. The summed E-state index contributed by atoms with van der Waals surface area (Å²) in [6.07, 6.45) is 0. The maximum atomic E-state index is 9.66. The lowest BCUT2D eigenvalue weighted by Gasteiger charge is -1.81. The molecule has 0 aromatic heterocycles. The normalized spacial score (nSPS) is 9.83. The van der Waals surface area contributed by atoms with Gasteiger partial charge < -0.3 is 0 Å². The Bertz CT molecular complexity index is 46.8. The predicted molar refractivity (Wildman–Crippen MR) is 22.9 cm³/mol. The number of hydrogen-bond acceptors (Lipinski definition) is 3. The zero-order valence-electron chi connectivity index (χ0n) is 2.48. The molecule has 0 aliphatic heterocycles. The van der Waals surface area contributed by atoms with E-state index in [9.17, 15) is 4.57 Å². The van der Waals surface area contributed by atoms with Gasteiger partial charge in [0.2, 0.25) is 0 Å². The summed E-state index contributed by atoms with van der Waals surface area (Å²) in [5.41, 5.74) is 0. The monoisotopic (exact) mass is 150 g/mol. The van der Waals surface area contributed by atoms with Crippen LogP contribution in [0.2, 0.25) is 0 Å². The van der Waals surface area contributed by atoms with Gasteiger partial charge in [0.15, 0.2) is 0 Å². The lowest BCUT2D eigenvalue weighted by molar-refractivity contribution is 0.447. The van der Waals surface area contributed by atoms with E-state index in [1.165, 1.54) is 0 Å². The van der Waals surface area contributed by atoms with Gasteiger partial charge in [0.05, 0.1) is 23.7 Å². The number of halogens is 2. The SMILES string of the molecule is O=[PH](OCl)OCl. The quantitative estimate of drug-likeness (QED) is 0.563. The lowest BCUT2D eigenvalue weighted by Crippen LogP contribution is -1.51. The van der Waals surface area contributed by atoms with Crippen LogP contribution >= 0.6 is 32.0 Å². The van der Waals surface area contributed by atoms with Gasteiger partial charge in [-0.25, -0.2) is 0 Å². The summed E-state index contributed by atoms with van der Waals surface area (Å²) in [6, 6.07) is 0. The van der Waals surface area contributed by atoms with Crippen molar-refractivity contribution in [1.29, 1.82) is 0 Å². The van der Waals surface area contributed by atoms with Crippen LogP contribution in [0.5, 0.6) is 0 Å². The first-order valence-corrected chi connectivity index (χ1v) is 2.76. The van der Waals surface area contributed by atoms with E-state index in [0.29, 0.717) is 0 Å². The van der Waals surface area contributed by atoms with Gasteiger partial charge in [-0.2, -0.15) is 8.15 Å². The van der Waals surface area contributed by atoms with Crippen LogP contribution in [-0.2, 0) is 12.7 Å². The molecule has 38 valence electrons. The van der Waals surface area contributed by atoms with E-state index in [1.54, 1.807) is 0 Å². The molecule has 6 heavy (non-hydrogen) atoms. The van der Waals surface area contributed by atoms with Gasteiger partial charge in [0, 0.05) is 0 Å². The van der Waals surface area contributed by atoms with E-state index in [-0.39, 0.29) is 0 Å². The summed E-state index contributed by atoms with van der Waals surface area (Å²) in [7, 11) is -2.59. The standard InChI is InChI=1S/Cl2HO3P/c1-4-6(3)5-2/h6H. The van der Waals surface area contributed by atoms with Crippen molar-refractivity contribution in [3.05, 3.63) is 0 Å². The summed E-state index contributed by atoms with van der Waals surface area (Å²) in [5, 5.41) is 0. The lowest BCUT2D eigenvalue weighted by atomic mass is 15.8. The highest BCUT2D eigenvalue weighted by molar-refractivity contribution is 7.35. The molecular formula is HCl2O3P. The zero-order valence-corrected chi connectivity index (χ0v) is 4.99. The molecule has 0 saturated heterocycles. The first-order valence-electron chi connectivity index (χ1n) is 0.921. The smallest absolute Gasteiger partial charge is 0.261 e. The Morgan fingerprint density at radius 1 is 1.33 bits per heavy atom. The van der Waals surface area contributed by atoms with Crippen molar-refractivity contribution in [2.45, 2.75) is 0 Å². The Hall–Kier alpha value is 0.730. The van der Waals surface area contributed by atoms with Gasteiger partial charge in [0.25, 0.3) is 0 Å². The van der Waals surface area contributed by atoms with Gasteiger partial charge in [-0.3, -0.25) is 4.57 Å². The Kier molecular flexibility index (Phi) is 4.38. The highest BCUT2D eigenvalue weighted by Crippen LogP contribution is 2.26. The molecule has 0 aromatic rings. The molecule has 0 amide bonds. The maximum Gasteiger partial charge on any atom is 0.351 e. The fourth-order valence-corrected chi connectivity index (χ4v) is 0.321. The van der Waals surface area contributed by atoms with Crippen molar-refractivity contribution in [1.82, 2.24) is 0 Å². The minimum atomic E-state index is -2.59. The average molecular weight is 151 g/mol. The molecule has 0 spiro atoms. The second kappa shape index (κ2) is 3.90. The van der Waals surface area contributed by atoms with Gasteiger partial charge in [-0.05, 0) is 0 Å². The van der Waals surface area contributed by atoms with Crippen molar-refractivity contribution in [2.75, 3.05) is 0 Å². The average Bonchev–Trinajstić information content (AvgIpc) is 1.65. The first kappa shape index (κ1) is 6.73. The third-order valence-electron chi connectivity index (χ3n) is 0.126.